The molecule has 2 aromatic rings. The van der Waals surface area contributed by atoms with E-state index in [-0.39, 0.29) is 5.15 Å². The summed E-state index contributed by atoms with van der Waals surface area (Å²) < 4.78 is 5.28. The third-order valence-corrected chi connectivity index (χ3v) is 2.21. The van der Waals surface area contributed by atoms with E-state index in [0.29, 0.717) is 23.9 Å². The van der Waals surface area contributed by atoms with E-state index in [1.54, 1.807) is 6.20 Å². The first-order chi connectivity index (χ1) is 7.66. The Morgan fingerprint density at radius 3 is 2.94 bits per heavy atom. The molecule has 0 radical (unpaired) electrons. The molecular weight excluding hydrogens is 230 g/mol. The molecule has 0 saturated carbocycles. The standard InChI is InChI=1S/C9H10ClN5O/c1-5-2-12-6(16-5)3-13-9-7(11)8(10)14-4-15-9/h2,4H,3,11H2,1H3,(H,13,14,15). The fraction of sp³-hybridized carbons (Fsp3) is 0.222. The monoisotopic (exact) mass is 239 g/mol. The van der Waals surface area contributed by atoms with Crippen LogP contribution in [0, 0.1) is 6.92 Å². The van der Waals surface area contributed by atoms with Gasteiger partial charge in [0, 0.05) is 0 Å². The Morgan fingerprint density at radius 2 is 2.25 bits per heavy atom. The second-order valence-corrected chi connectivity index (χ2v) is 3.50. The molecule has 2 rings (SSSR count). The lowest BCUT2D eigenvalue weighted by molar-refractivity contribution is 0.479. The largest absolute Gasteiger partial charge is 0.444 e. The first kappa shape index (κ1) is 10.7. The lowest BCUT2D eigenvalue weighted by atomic mass is 10.4. The van der Waals surface area contributed by atoms with Crippen LogP contribution < -0.4 is 11.1 Å². The van der Waals surface area contributed by atoms with Crippen LogP contribution >= 0.6 is 11.6 Å². The molecule has 16 heavy (non-hydrogen) atoms. The highest BCUT2D eigenvalue weighted by Crippen LogP contribution is 2.22. The number of nitrogen functional groups attached to an aromatic ring is 1. The molecule has 6 nitrogen and oxygen atoms in total. The number of hydrogen-bond acceptors (Lipinski definition) is 6. The zero-order valence-electron chi connectivity index (χ0n) is 8.57. The van der Waals surface area contributed by atoms with Crippen LogP contribution in [-0.4, -0.2) is 15.0 Å². The van der Waals surface area contributed by atoms with Crippen molar-refractivity contribution in [2.75, 3.05) is 11.1 Å². The number of hydrogen-bond donors (Lipinski definition) is 2. The van der Waals surface area contributed by atoms with Gasteiger partial charge in [-0.2, -0.15) is 0 Å². The van der Waals surface area contributed by atoms with Gasteiger partial charge in [0.25, 0.3) is 0 Å². The number of anilines is 2. The van der Waals surface area contributed by atoms with Crippen molar-refractivity contribution >= 4 is 23.1 Å². The van der Waals surface area contributed by atoms with Gasteiger partial charge >= 0.3 is 0 Å². The highest BCUT2D eigenvalue weighted by molar-refractivity contribution is 6.32. The van der Waals surface area contributed by atoms with E-state index in [9.17, 15) is 0 Å². The van der Waals surface area contributed by atoms with Gasteiger partial charge in [0.05, 0.1) is 12.7 Å². The zero-order valence-corrected chi connectivity index (χ0v) is 9.32. The molecule has 0 saturated heterocycles. The lowest BCUT2D eigenvalue weighted by Gasteiger charge is -2.06. The topological polar surface area (TPSA) is 89.9 Å². The number of aromatic nitrogens is 3. The summed E-state index contributed by atoms with van der Waals surface area (Å²) in [6.07, 6.45) is 2.98. The second-order valence-electron chi connectivity index (χ2n) is 3.14. The normalized spacial score (nSPS) is 10.4. The van der Waals surface area contributed by atoms with Crippen molar-refractivity contribution in [2.24, 2.45) is 0 Å². The molecule has 7 heteroatoms. The minimum absolute atomic E-state index is 0.223. The summed E-state index contributed by atoms with van der Waals surface area (Å²) in [7, 11) is 0. The molecule has 0 bridgehead atoms. The molecular formula is C9H10ClN5O. The van der Waals surface area contributed by atoms with Crippen molar-refractivity contribution in [3.63, 3.8) is 0 Å². The molecule has 2 heterocycles. The molecule has 0 atom stereocenters. The second kappa shape index (κ2) is 4.36. The number of oxazole rings is 1. The Labute approximate surface area is 96.9 Å². The fourth-order valence-electron chi connectivity index (χ4n) is 1.16. The van der Waals surface area contributed by atoms with Gasteiger partial charge in [0.1, 0.15) is 17.8 Å². The highest BCUT2D eigenvalue weighted by atomic mass is 35.5. The van der Waals surface area contributed by atoms with Crippen molar-refractivity contribution < 1.29 is 4.42 Å². The average Bonchev–Trinajstić information content (AvgIpc) is 2.67. The summed E-state index contributed by atoms with van der Waals surface area (Å²) in [4.78, 5) is 11.7. The summed E-state index contributed by atoms with van der Waals surface area (Å²) in [6, 6.07) is 0. The highest BCUT2D eigenvalue weighted by Gasteiger charge is 2.06. The molecule has 2 aromatic heterocycles. The van der Waals surface area contributed by atoms with E-state index in [1.165, 1.54) is 6.33 Å². The van der Waals surface area contributed by atoms with E-state index in [4.69, 9.17) is 21.8 Å². The van der Waals surface area contributed by atoms with Crippen molar-refractivity contribution in [1.29, 1.82) is 0 Å². The molecule has 0 spiro atoms. The maximum Gasteiger partial charge on any atom is 0.213 e. The van der Waals surface area contributed by atoms with Crippen LogP contribution in [0.2, 0.25) is 5.15 Å². The molecule has 0 aliphatic carbocycles. The molecule has 3 N–H and O–H groups in total. The molecule has 84 valence electrons. The maximum absolute atomic E-state index is 5.74. The minimum atomic E-state index is 0.223. The Hall–Kier alpha value is -1.82. The van der Waals surface area contributed by atoms with Gasteiger partial charge in [-0.25, -0.2) is 15.0 Å². The van der Waals surface area contributed by atoms with Gasteiger partial charge < -0.3 is 15.5 Å². The van der Waals surface area contributed by atoms with E-state index in [1.807, 2.05) is 6.92 Å². The summed E-state index contributed by atoms with van der Waals surface area (Å²) in [6.45, 7) is 2.22. The van der Waals surface area contributed by atoms with E-state index in [0.717, 1.165) is 5.76 Å². The molecule has 0 fully saturated rings. The van der Waals surface area contributed by atoms with E-state index in [2.05, 4.69) is 20.3 Å². The third-order valence-electron chi connectivity index (χ3n) is 1.91. The van der Waals surface area contributed by atoms with Gasteiger partial charge in [0.15, 0.2) is 11.0 Å². The zero-order chi connectivity index (χ0) is 11.5. The van der Waals surface area contributed by atoms with Gasteiger partial charge in [-0.15, -0.1) is 0 Å². The van der Waals surface area contributed by atoms with Crippen LogP contribution in [0.25, 0.3) is 0 Å². The molecule has 0 aliphatic rings. The van der Waals surface area contributed by atoms with Crippen molar-refractivity contribution in [1.82, 2.24) is 15.0 Å². The number of nitrogens with zero attached hydrogens (tertiary/aromatic N) is 3. The Kier molecular flexibility index (Phi) is 2.91. The minimum Gasteiger partial charge on any atom is -0.444 e. The predicted octanol–water partition coefficient (Wildman–Crippen LogP) is 1.62. The van der Waals surface area contributed by atoms with Gasteiger partial charge in [-0.1, -0.05) is 11.6 Å². The lowest BCUT2D eigenvalue weighted by Crippen LogP contribution is -2.05. The Balaban J connectivity index is 2.07. The molecule has 0 aliphatic heterocycles. The molecule has 0 amide bonds. The molecule has 0 unspecified atom stereocenters. The quantitative estimate of drug-likeness (QED) is 0.791. The van der Waals surface area contributed by atoms with Crippen LogP contribution in [0.5, 0.6) is 0 Å². The molecule has 0 aromatic carbocycles. The smallest absolute Gasteiger partial charge is 0.213 e. The first-order valence-electron chi connectivity index (χ1n) is 4.58. The van der Waals surface area contributed by atoms with Gasteiger partial charge in [0.2, 0.25) is 5.89 Å². The van der Waals surface area contributed by atoms with Crippen molar-refractivity contribution in [3.8, 4) is 0 Å². The Morgan fingerprint density at radius 1 is 1.44 bits per heavy atom. The average molecular weight is 240 g/mol. The summed E-state index contributed by atoms with van der Waals surface area (Å²) in [5, 5.41) is 3.19. The van der Waals surface area contributed by atoms with Crippen LogP contribution in [0.1, 0.15) is 11.7 Å². The number of nitrogens with two attached hydrogens (primary N) is 1. The van der Waals surface area contributed by atoms with Crippen LogP contribution in [0.3, 0.4) is 0 Å². The number of rotatable bonds is 3. The van der Waals surface area contributed by atoms with Crippen molar-refractivity contribution in [2.45, 2.75) is 13.5 Å². The third kappa shape index (κ3) is 2.22. The number of halogens is 1. The van der Waals surface area contributed by atoms with E-state index >= 15 is 0 Å². The van der Waals surface area contributed by atoms with Crippen molar-refractivity contribution in [3.05, 3.63) is 29.3 Å². The van der Waals surface area contributed by atoms with Crippen LogP contribution in [-0.2, 0) is 6.54 Å². The number of nitrogens with one attached hydrogen (secondary N) is 1. The Bertz CT molecular complexity index is 498. The SMILES string of the molecule is Cc1cnc(CNc2ncnc(Cl)c2N)o1. The van der Waals surface area contributed by atoms with Crippen LogP contribution in [0.4, 0.5) is 11.5 Å². The maximum atomic E-state index is 5.74. The summed E-state index contributed by atoms with van der Waals surface area (Å²) in [5.74, 6) is 1.79. The van der Waals surface area contributed by atoms with Gasteiger partial charge in [-0.3, -0.25) is 0 Å². The van der Waals surface area contributed by atoms with Gasteiger partial charge in [-0.05, 0) is 6.92 Å². The fourth-order valence-corrected chi connectivity index (χ4v) is 1.29. The summed E-state index contributed by atoms with van der Waals surface area (Å²) in [5.41, 5.74) is 5.99. The predicted molar refractivity (Wildman–Crippen MR) is 60.0 cm³/mol. The first-order valence-corrected chi connectivity index (χ1v) is 4.96. The summed E-state index contributed by atoms with van der Waals surface area (Å²) >= 11 is 5.74. The van der Waals surface area contributed by atoms with Crippen LogP contribution in [0.15, 0.2) is 16.9 Å². The number of aryl methyl sites for hydroxylation is 1. The van der Waals surface area contributed by atoms with E-state index < -0.39 is 0 Å².